The molecule has 1 atom stereocenters. The van der Waals surface area contributed by atoms with Crippen molar-refractivity contribution in [3.8, 4) is 5.75 Å². The fourth-order valence-corrected chi connectivity index (χ4v) is 2.17. The second-order valence-electron chi connectivity index (χ2n) is 4.40. The summed E-state index contributed by atoms with van der Waals surface area (Å²) in [5, 5.41) is 3.18. The molecule has 1 aromatic carbocycles. The first-order valence-electron chi connectivity index (χ1n) is 6.08. The van der Waals surface area contributed by atoms with Gasteiger partial charge in [0.15, 0.2) is 0 Å². The van der Waals surface area contributed by atoms with Crippen LogP contribution in [-0.2, 0) is 0 Å². The first-order chi connectivity index (χ1) is 9.15. The number of pyridine rings is 1. The van der Waals surface area contributed by atoms with Crippen molar-refractivity contribution in [2.24, 2.45) is 0 Å². The van der Waals surface area contributed by atoms with Crippen molar-refractivity contribution in [1.82, 2.24) is 10.3 Å². The zero-order chi connectivity index (χ0) is 13.8. The van der Waals surface area contributed by atoms with E-state index in [1.807, 2.05) is 20.0 Å². The minimum Gasteiger partial charge on any atom is -0.496 e. The fourth-order valence-electron chi connectivity index (χ4n) is 2.17. The van der Waals surface area contributed by atoms with Gasteiger partial charge in [-0.3, -0.25) is 4.98 Å². The van der Waals surface area contributed by atoms with Crippen LogP contribution >= 0.6 is 0 Å². The molecule has 0 saturated carbocycles. The summed E-state index contributed by atoms with van der Waals surface area (Å²) in [6.45, 7) is 1.98. The number of nitrogens with one attached hydrogen (secondary N) is 1. The minimum absolute atomic E-state index is 0.155. The first-order valence-corrected chi connectivity index (χ1v) is 6.08. The molecule has 0 aliphatic rings. The van der Waals surface area contributed by atoms with Gasteiger partial charge in [-0.15, -0.1) is 0 Å². The predicted octanol–water partition coefficient (Wildman–Crippen LogP) is 2.85. The number of aromatic nitrogens is 1. The summed E-state index contributed by atoms with van der Waals surface area (Å²) >= 11 is 0. The van der Waals surface area contributed by atoms with E-state index < -0.39 is 0 Å². The molecule has 4 heteroatoms. The lowest BCUT2D eigenvalue weighted by Gasteiger charge is -2.20. The SMILES string of the molecule is CNC(c1cncc(C)c1)c1cc(F)ccc1OC. The Balaban J connectivity index is 2.50. The van der Waals surface area contributed by atoms with Crippen LogP contribution in [0.25, 0.3) is 0 Å². The molecule has 0 saturated heterocycles. The van der Waals surface area contributed by atoms with E-state index in [4.69, 9.17) is 4.74 Å². The van der Waals surface area contributed by atoms with E-state index in [-0.39, 0.29) is 11.9 Å². The normalized spacial score (nSPS) is 12.2. The molecule has 1 unspecified atom stereocenters. The molecule has 1 N–H and O–H groups in total. The average molecular weight is 260 g/mol. The third-order valence-corrected chi connectivity index (χ3v) is 3.02. The second-order valence-corrected chi connectivity index (χ2v) is 4.40. The van der Waals surface area contributed by atoms with Crippen LogP contribution in [0.3, 0.4) is 0 Å². The fraction of sp³-hybridized carbons (Fsp3) is 0.267. The van der Waals surface area contributed by atoms with E-state index >= 15 is 0 Å². The van der Waals surface area contributed by atoms with E-state index in [0.29, 0.717) is 5.75 Å². The summed E-state index contributed by atoms with van der Waals surface area (Å²) in [7, 11) is 3.41. The van der Waals surface area contributed by atoms with Gasteiger partial charge in [0.2, 0.25) is 0 Å². The highest BCUT2D eigenvalue weighted by Crippen LogP contribution is 2.30. The summed E-state index contributed by atoms with van der Waals surface area (Å²) in [4.78, 5) is 4.18. The van der Waals surface area contributed by atoms with E-state index in [1.165, 1.54) is 12.1 Å². The van der Waals surface area contributed by atoms with Crippen molar-refractivity contribution in [3.63, 3.8) is 0 Å². The lowest BCUT2D eigenvalue weighted by atomic mass is 9.98. The maximum atomic E-state index is 13.5. The first kappa shape index (κ1) is 13.5. The molecule has 2 rings (SSSR count). The van der Waals surface area contributed by atoms with Crippen LogP contribution in [0.4, 0.5) is 4.39 Å². The van der Waals surface area contributed by atoms with Crippen molar-refractivity contribution in [1.29, 1.82) is 0 Å². The smallest absolute Gasteiger partial charge is 0.124 e. The Morgan fingerprint density at radius 1 is 1.26 bits per heavy atom. The molecule has 0 fully saturated rings. The van der Waals surface area contributed by atoms with Crippen LogP contribution < -0.4 is 10.1 Å². The lowest BCUT2D eigenvalue weighted by Crippen LogP contribution is -2.19. The molecule has 1 heterocycles. The number of hydrogen-bond donors (Lipinski definition) is 1. The quantitative estimate of drug-likeness (QED) is 0.918. The highest BCUT2D eigenvalue weighted by atomic mass is 19.1. The average Bonchev–Trinajstić information content (AvgIpc) is 2.40. The Morgan fingerprint density at radius 2 is 2.05 bits per heavy atom. The molecular weight excluding hydrogens is 243 g/mol. The standard InChI is InChI=1S/C15H17FN2O/c1-10-6-11(9-18-8-10)15(17-2)13-7-12(16)4-5-14(13)19-3/h4-9,15,17H,1-3H3. The van der Waals surface area contributed by atoms with Gasteiger partial charge in [-0.2, -0.15) is 0 Å². The van der Waals surface area contributed by atoms with Gasteiger partial charge >= 0.3 is 0 Å². The monoisotopic (exact) mass is 260 g/mol. The third-order valence-electron chi connectivity index (χ3n) is 3.02. The Kier molecular flexibility index (Phi) is 4.12. The second kappa shape index (κ2) is 5.80. The maximum Gasteiger partial charge on any atom is 0.124 e. The van der Waals surface area contributed by atoms with E-state index in [0.717, 1.165) is 16.7 Å². The number of rotatable bonds is 4. The lowest BCUT2D eigenvalue weighted by molar-refractivity contribution is 0.404. The van der Waals surface area contributed by atoms with Crippen molar-refractivity contribution >= 4 is 0 Å². The van der Waals surface area contributed by atoms with Gasteiger partial charge in [0, 0.05) is 18.0 Å². The van der Waals surface area contributed by atoms with Crippen LogP contribution in [0.2, 0.25) is 0 Å². The molecule has 19 heavy (non-hydrogen) atoms. The van der Waals surface area contributed by atoms with Crippen molar-refractivity contribution in [2.45, 2.75) is 13.0 Å². The molecule has 0 radical (unpaired) electrons. The minimum atomic E-state index is -0.281. The molecule has 1 aromatic heterocycles. The topological polar surface area (TPSA) is 34.2 Å². The number of aryl methyl sites for hydroxylation is 1. The molecule has 0 amide bonds. The summed E-state index contributed by atoms with van der Waals surface area (Å²) in [5.74, 6) is 0.374. The van der Waals surface area contributed by atoms with Gasteiger partial charge in [-0.1, -0.05) is 6.07 Å². The number of ether oxygens (including phenoxy) is 1. The summed E-state index contributed by atoms with van der Waals surface area (Å²) in [5.41, 5.74) is 2.80. The van der Waals surface area contributed by atoms with Gasteiger partial charge < -0.3 is 10.1 Å². The zero-order valence-electron chi connectivity index (χ0n) is 11.3. The molecule has 0 aliphatic heterocycles. The number of hydrogen-bond acceptors (Lipinski definition) is 3. The van der Waals surface area contributed by atoms with Gasteiger partial charge in [0.25, 0.3) is 0 Å². The summed E-state index contributed by atoms with van der Waals surface area (Å²) < 4.78 is 18.8. The number of halogens is 1. The summed E-state index contributed by atoms with van der Waals surface area (Å²) in [6, 6.07) is 6.39. The molecule has 0 aliphatic carbocycles. The van der Waals surface area contributed by atoms with Crippen molar-refractivity contribution in [2.75, 3.05) is 14.2 Å². The van der Waals surface area contributed by atoms with Gasteiger partial charge in [0.05, 0.1) is 13.2 Å². The zero-order valence-corrected chi connectivity index (χ0v) is 11.3. The number of methoxy groups -OCH3 is 1. The van der Waals surface area contributed by atoms with E-state index in [2.05, 4.69) is 10.3 Å². The molecule has 0 bridgehead atoms. The molecular formula is C15H17FN2O. The highest BCUT2D eigenvalue weighted by Gasteiger charge is 2.17. The Morgan fingerprint density at radius 3 is 2.68 bits per heavy atom. The van der Waals surface area contributed by atoms with Crippen LogP contribution in [-0.4, -0.2) is 19.1 Å². The predicted molar refractivity (Wildman–Crippen MR) is 72.8 cm³/mol. The van der Waals surface area contributed by atoms with Crippen molar-refractivity contribution < 1.29 is 9.13 Å². The van der Waals surface area contributed by atoms with Gasteiger partial charge in [-0.25, -0.2) is 4.39 Å². The maximum absolute atomic E-state index is 13.5. The Bertz CT molecular complexity index is 572. The van der Waals surface area contributed by atoms with E-state index in [9.17, 15) is 4.39 Å². The van der Waals surface area contributed by atoms with Crippen LogP contribution in [0, 0.1) is 12.7 Å². The highest BCUT2D eigenvalue weighted by molar-refractivity contribution is 5.41. The van der Waals surface area contributed by atoms with Crippen LogP contribution in [0.1, 0.15) is 22.7 Å². The van der Waals surface area contributed by atoms with E-state index in [1.54, 1.807) is 25.6 Å². The van der Waals surface area contributed by atoms with Crippen LogP contribution in [0.15, 0.2) is 36.7 Å². The Hall–Kier alpha value is -1.94. The van der Waals surface area contributed by atoms with Gasteiger partial charge in [0.1, 0.15) is 11.6 Å². The van der Waals surface area contributed by atoms with Crippen LogP contribution in [0.5, 0.6) is 5.75 Å². The number of benzene rings is 1. The summed E-state index contributed by atoms with van der Waals surface area (Å²) in [6.07, 6.45) is 3.57. The molecule has 0 spiro atoms. The molecule has 100 valence electrons. The van der Waals surface area contributed by atoms with Crippen molar-refractivity contribution in [3.05, 3.63) is 59.2 Å². The molecule has 2 aromatic rings. The third kappa shape index (κ3) is 2.90. The van der Waals surface area contributed by atoms with Gasteiger partial charge in [-0.05, 0) is 43.3 Å². The largest absolute Gasteiger partial charge is 0.496 e. The molecule has 3 nitrogen and oxygen atoms in total. The number of nitrogens with zero attached hydrogens (tertiary/aromatic N) is 1. The Labute approximate surface area is 112 Å².